The zero-order valence-corrected chi connectivity index (χ0v) is 16.8. The number of rotatable bonds is 7. The van der Waals surface area contributed by atoms with Crippen LogP contribution in [0.1, 0.15) is 44.7 Å². The molecular formula is C22H24N4O3. The number of aryl methyl sites for hydroxylation is 1. The molecule has 7 heteroatoms. The van der Waals surface area contributed by atoms with Crippen molar-refractivity contribution < 1.29 is 14.3 Å². The Morgan fingerprint density at radius 1 is 1.10 bits per heavy atom. The van der Waals surface area contributed by atoms with Crippen LogP contribution in [0.15, 0.2) is 48.7 Å². The first-order valence-electron chi connectivity index (χ1n) is 9.53. The Balaban J connectivity index is 1.68. The molecule has 0 atom stereocenters. The second kappa shape index (κ2) is 9.14. The van der Waals surface area contributed by atoms with Crippen LogP contribution in [0.2, 0.25) is 0 Å². The van der Waals surface area contributed by atoms with Crippen LogP contribution in [-0.4, -0.2) is 39.8 Å². The van der Waals surface area contributed by atoms with E-state index in [2.05, 4.69) is 15.4 Å². The first kappa shape index (κ1) is 20.3. The molecular weight excluding hydrogens is 368 g/mol. The molecule has 0 bridgehead atoms. The van der Waals surface area contributed by atoms with E-state index in [1.165, 1.54) is 0 Å². The van der Waals surface area contributed by atoms with E-state index < -0.39 is 0 Å². The third-order valence-electron chi connectivity index (χ3n) is 4.54. The fraction of sp³-hybridized carbons (Fsp3) is 0.273. The quantitative estimate of drug-likeness (QED) is 0.625. The average molecular weight is 392 g/mol. The van der Waals surface area contributed by atoms with E-state index >= 15 is 0 Å². The summed E-state index contributed by atoms with van der Waals surface area (Å²) in [7, 11) is 0. The molecule has 29 heavy (non-hydrogen) atoms. The first-order valence-corrected chi connectivity index (χ1v) is 9.53. The third kappa shape index (κ3) is 4.68. The smallest absolute Gasteiger partial charge is 0.341 e. The Bertz CT molecular complexity index is 995. The van der Waals surface area contributed by atoms with Gasteiger partial charge < -0.3 is 10.1 Å². The number of benzene rings is 1. The van der Waals surface area contributed by atoms with Crippen LogP contribution in [0.4, 0.5) is 0 Å². The van der Waals surface area contributed by atoms with Gasteiger partial charge in [0.2, 0.25) is 0 Å². The van der Waals surface area contributed by atoms with Crippen molar-refractivity contribution in [3.05, 3.63) is 76.9 Å². The van der Waals surface area contributed by atoms with E-state index in [-0.39, 0.29) is 11.9 Å². The van der Waals surface area contributed by atoms with Crippen LogP contribution in [0.5, 0.6) is 0 Å². The van der Waals surface area contributed by atoms with E-state index in [1.807, 2.05) is 37.3 Å². The number of aromatic nitrogens is 3. The Hall–Kier alpha value is -3.48. The number of hydrogen-bond donors (Lipinski definition) is 1. The van der Waals surface area contributed by atoms with E-state index in [4.69, 9.17) is 4.74 Å². The molecule has 0 saturated carbocycles. The summed E-state index contributed by atoms with van der Waals surface area (Å²) in [6, 6.07) is 12.8. The van der Waals surface area contributed by atoms with Crippen molar-refractivity contribution in [3.8, 4) is 5.69 Å². The third-order valence-corrected chi connectivity index (χ3v) is 4.54. The number of esters is 1. The highest BCUT2D eigenvalue weighted by molar-refractivity contribution is 5.94. The van der Waals surface area contributed by atoms with E-state index in [1.54, 1.807) is 36.9 Å². The van der Waals surface area contributed by atoms with Crippen molar-refractivity contribution in [1.29, 1.82) is 0 Å². The number of pyridine rings is 1. The molecule has 0 aliphatic heterocycles. The van der Waals surface area contributed by atoms with E-state index in [0.29, 0.717) is 42.1 Å². The molecule has 0 fully saturated rings. The highest BCUT2D eigenvalue weighted by Gasteiger charge is 2.20. The molecule has 3 rings (SSSR count). The molecule has 0 aliphatic carbocycles. The van der Waals surface area contributed by atoms with Gasteiger partial charge in [0.25, 0.3) is 5.91 Å². The van der Waals surface area contributed by atoms with Crippen LogP contribution < -0.4 is 5.32 Å². The van der Waals surface area contributed by atoms with Gasteiger partial charge in [0, 0.05) is 30.4 Å². The van der Waals surface area contributed by atoms with Gasteiger partial charge >= 0.3 is 5.97 Å². The number of amides is 1. The lowest BCUT2D eigenvalue weighted by Gasteiger charge is -2.08. The molecule has 0 aliphatic rings. The minimum absolute atomic E-state index is 0.145. The van der Waals surface area contributed by atoms with Gasteiger partial charge in [0.05, 0.1) is 23.7 Å². The molecule has 1 N–H and O–H groups in total. The fourth-order valence-corrected chi connectivity index (χ4v) is 3.10. The molecule has 0 unspecified atom stereocenters. The van der Waals surface area contributed by atoms with E-state index in [0.717, 1.165) is 11.4 Å². The van der Waals surface area contributed by atoms with Gasteiger partial charge in [-0.1, -0.05) is 6.07 Å². The number of ether oxygens (including phenoxy) is 1. The molecule has 150 valence electrons. The Kier molecular flexibility index (Phi) is 6.39. The van der Waals surface area contributed by atoms with Crippen LogP contribution in [0.3, 0.4) is 0 Å². The number of hydrogen-bond acceptors (Lipinski definition) is 5. The highest BCUT2D eigenvalue weighted by Crippen LogP contribution is 2.19. The summed E-state index contributed by atoms with van der Waals surface area (Å²) in [5, 5.41) is 7.35. The van der Waals surface area contributed by atoms with Gasteiger partial charge in [-0.2, -0.15) is 5.10 Å². The van der Waals surface area contributed by atoms with Crippen molar-refractivity contribution in [2.75, 3.05) is 13.2 Å². The standard InChI is InChI=1S/C22H24N4O3/c1-4-29-22(28)20-15(2)25-26(16(20)3)19-10-8-17(9-11-19)21(27)24-14-12-18-7-5-6-13-23-18/h5-11,13H,4,12,14H2,1-3H3,(H,24,27). The number of carbonyl (C=O) groups is 2. The zero-order chi connectivity index (χ0) is 20.8. The monoisotopic (exact) mass is 392 g/mol. The largest absolute Gasteiger partial charge is 0.462 e. The summed E-state index contributed by atoms with van der Waals surface area (Å²) in [6.07, 6.45) is 2.41. The van der Waals surface area contributed by atoms with Gasteiger partial charge in [-0.25, -0.2) is 9.48 Å². The minimum Gasteiger partial charge on any atom is -0.462 e. The van der Waals surface area contributed by atoms with Crippen LogP contribution in [0, 0.1) is 13.8 Å². The maximum Gasteiger partial charge on any atom is 0.341 e. The van der Waals surface area contributed by atoms with Crippen molar-refractivity contribution >= 4 is 11.9 Å². The average Bonchev–Trinajstić information content (AvgIpc) is 3.03. The maximum atomic E-state index is 12.4. The van der Waals surface area contributed by atoms with Crippen LogP contribution in [0.25, 0.3) is 5.69 Å². The molecule has 2 aromatic heterocycles. The predicted molar refractivity (Wildman–Crippen MR) is 109 cm³/mol. The summed E-state index contributed by atoms with van der Waals surface area (Å²) >= 11 is 0. The van der Waals surface area contributed by atoms with Gasteiger partial charge in [0.15, 0.2) is 0 Å². The van der Waals surface area contributed by atoms with Gasteiger partial charge in [0.1, 0.15) is 5.56 Å². The van der Waals surface area contributed by atoms with Gasteiger partial charge in [-0.05, 0) is 57.2 Å². The zero-order valence-electron chi connectivity index (χ0n) is 16.8. The first-order chi connectivity index (χ1) is 14.0. The molecule has 2 heterocycles. The summed E-state index contributed by atoms with van der Waals surface area (Å²) in [4.78, 5) is 28.7. The van der Waals surface area contributed by atoms with Crippen molar-refractivity contribution in [1.82, 2.24) is 20.1 Å². The number of nitrogens with one attached hydrogen (secondary N) is 1. The normalized spacial score (nSPS) is 10.6. The summed E-state index contributed by atoms with van der Waals surface area (Å²) in [6.45, 7) is 6.20. The molecule has 0 radical (unpaired) electrons. The molecule has 0 spiro atoms. The topological polar surface area (TPSA) is 86.1 Å². The highest BCUT2D eigenvalue weighted by atomic mass is 16.5. The lowest BCUT2D eigenvalue weighted by molar-refractivity contribution is 0.0524. The Morgan fingerprint density at radius 3 is 2.52 bits per heavy atom. The maximum absolute atomic E-state index is 12.4. The van der Waals surface area contributed by atoms with Crippen molar-refractivity contribution in [2.45, 2.75) is 27.2 Å². The van der Waals surface area contributed by atoms with Crippen molar-refractivity contribution in [3.63, 3.8) is 0 Å². The van der Waals surface area contributed by atoms with Crippen LogP contribution in [-0.2, 0) is 11.2 Å². The second-order valence-corrected chi connectivity index (χ2v) is 6.55. The fourth-order valence-electron chi connectivity index (χ4n) is 3.10. The van der Waals surface area contributed by atoms with Gasteiger partial charge in [-0.3, -0.25) is 9.78 Å². The molecule has 1 amide bonds. The number of carbonyl (C=O) groups excluding carboxylic acids is 2. The molecule has 0 saturated heterocycles. The van der Waals surface area contributed by atoms with Crippen LogP contribution >= 0.6 is 0 Å². The Labute approximate surface area is 169 Å². The molecule has 7 nitrogen and oxygen atoms in total. The summed E-state index contributed by atoms with van der Waals surface area (Å²) < 4.78 is 6.79. The predicted octanol–water partition coefficient (Wildman–Crippen LogP) is 3.03. The molecule has 1 aromatic carbocycles. The minimum atomic E-state index is -0.377. The van der Waals surface area contributed by atoms with E-state index in [9.17, 15) is 9.59 Å². The SMILES string of the molecule is CCOC(=O)c1c(C)nn(-c2ccc(C(=O)NCCc3ccccn3)cc2)c1C. The van der Waals surface area contributed by atoms with Crippen molar-refractivity contribution in [2.24, 2.45) is 0 Å². The summed E-state index contributed by atoms with van der Waals surface area (Å²) in [5.74, 6) is -0.522. The number of nitrogens with zero attached hydrogens (tertiary/aromatic N) is 3. The lowest BCUT2D eigenvalue weighted by Crippen LogP contribution is -2.25. The Morgan fingerprint density at radius 2 is 1.86 bits per heavy atom. The molecule has 3 aromatic rings. The second-order valence-electron chi connectivity index (χ2n) is 6.55. The van der Waals surface area contributed by atoms with Gasteiger partial charge in [-0.15, -0.1) is 0 Å². The summed E-state index contributed by atoms with van der Waals surface area (Å²) in [5.41, 5.74) is 4.05. The lowest BCUT2D eigenvalue weighted by atomic mass is 10.1.